The highest BCUT2D eigenvalue weighted by Crippen LogP contribution is 2.33. The number of phenolic OH excluding ortho intramolecular Hbond substituents is 1. The van der Waals surface area contributed by atoms with Crippen molar-refractivity contribution in [3.63, 3.8) is 0 Å². The van der Waals surface area contributed by atoms with Crippen LogP contribution < -0.4 is 10.1 Å². The fourth-order valence-electron chi connectivity index (χ4n) is 1.87. The predicted octanol–water partition coefficient (Wildman–Crippen LogP) is 4.47. The third kappa shape index (κ3) is 4.37. The van der Waals surface area contributed by atoms with Crippen molar-refractivity contribution < 1.29 is 14.6 Å². The van der Waals surface area contributed by atoms with E-state index in [2.05, 4.69) is 37.2 Å². The van der Waals surface area contributed by atoms with Crippen LogP contribution in [0, 0.1) is 11.3 Å². The van der Waals surface area contributed by atoms with Crippen LogP contribution in [0.25, 0.3) is 6.08 Å². The molecule has 2 N–H and O–H groups in total. The minimum absolute atomic E-state index is 0.0526. The summed E-state index contributed by atoms with van der Waals surface area (Å²) in [5.41, 5.74) is 0.741. The fourth-order valence-corrected chi connectivity index (χ4v) is 3.13. The number of methoxy groups -OCH3 is 1. The zero-order valence-electron chi connectivity index (χ0n) is 12.5. The van der Waals surface area contributed by atoms with Crippen molar-refractivity contribution >= 4 is 49.5 Å². The first kappa shape index (κ1) is 18.0. The molecular formula is C17H12Br2N2O3. The second-order valence-electron chi connectivity index (χ2n) is 4.68. The Kier molecular flexibility index (Phi) is 6.01. The SMILES string of the molecule is COc1ccc(NC(=O)/C(C#N)=C/c2cc(Br)cc(Br)c2O)cc1. The van der Waals surface area contributed by atoms with E-state index in [9.17, 15) is 15.2 Å². The molecular weight excluding hydrogens is 440 g/mol. The van der Waals surface area contributed by atoms with Gasteiger partial charge in [-0.25, -0.2) is 0 Å². The number of aromatic hydroxyl groups is 1. The molecule has 0 heterocycles. The van der Waals surface area contributed by atoms with Gasteiger partial charge in [0.1, 0.15) is 23.1 Å². The van der Waals surface area contributed by atoms with Crippen molar-refractivity contribution in [3.8, 4) is 17.6 Å². The number of rotatable bonds is 4. The topological polar surface area (TPSA) is 82.3 Å². The number of phenols is 1. The average molecular weight is 452 g/mol. The summed E-state index contributed by atoms with van der Waals surface area (Å²) < 4.78 is 6.20. The molecule has 0 saturated carbocycles. The van der Waals surface area contributed by atoms with Gasteiger partial charge in [-0.1, -0.05) is 15.9 Å². The molecule has 5 nitrogen and oxygen atoms in total. The highest BCUT2D eigenvalue weighted by Gasteiger charge is 2.12. The number of nitrogens with zero attached hydrogens (tertiary/aromatic N) is 1. The maximum absolute atomic E-state index is 12.2. The van der Waals surface area contributed by atoms with Crippen molar-refractivity contribution in [1.29, 1.82) is 5.26 Å². The number of halogens is 2. The van der Waals surface area contributed by atoms with Gasteiger partial charge in [0.25, 0.3) is 5.91 Å². The van der Waals surface area contributed by atoms with Gasteiger partial charge in [-0.3, -0.25) is 4.79 Å². The summed E-state index contributed by atoms with van der Waals surface area (Å²) in [6.45, 7) is 0. The van der Waals surface area contributed by atoms with Gasteiger partial charge in [0.05, 0.1) is 11.6 Å². The lowest BCUT2D eigenvalue weighted by Crippen LogP contribution is -2.13. The van der Waals surface area contributed by atoms with Crippen molar-refractivity contribution in [2.24, 2.45) is 0 Å². The molecule has 2 aromatic rings. The third-order valence-corrected chi connectivity index (χ3v) is 4.13. The van der Waals surface area contributed by atoms with Gasteiger partial charge in [0.15, 0.2) is 0 Å². The highest BCUT2D eigenvalue weighted by molar-refractivity contribution is 9.11. The summed E-state index contributed by atoms with van der Waals surface area (Å²) in [4.78, 5) is 12.2. The zero-order chi connectivity index (χ0) is 17.7. The molecule has 0 aromatic heterocycles. The first-order valence-corrected chi connectivity index (χ1v) is 8.28. The summed E-state index contributed by atoms with van der Waals surface area (Å²) in [6.07, 6.45) is 1.32. The van der Waals surface area contributed by atoms with Crippen LogP contribution in [0.2, 0.25) is 0 Å². The number of amides is 1. The highest BCUT2D eigenvalue weighted by atomic mass is 79.9. The molecule has 24 heavy (non-hydrogen) atoms. The molecule has 0 radical (unpaired) electrons. The molecule has 0 bridgehead atoms. The summed E-state index contributed by atoms with van der Waals surface area (Å²) in [5.74, 6) is 0.0364. The number of ether oxygens (including phenoxy) is 1. The Bertz CT molecular complexity index is 840. The molecule has 2 aromatic carbocycles. The summed E-state index contributed by atoms with van der Waals surface area (Å²) >= 11 is 6.51. The molecule has 2 rings (SSSR count). The lowest BCUT2D eigenvalue weighted by molar-refractivity contribution is -0.112. The van der Waals surface area contributed by atoms with Gasteiger partial charge >= 0.3 is 0 Å². The standard InChI is InChI=1S/C17H12Br2N2O3/c1-24-14-4-2-13(3-5-14)21-17(23)11(9-20)6-10-7-12(18)8-15(19)16(10)22/h2-8,22H,1H3,(H,21,23)/b11-6+. The minimum Gasteiger partial charge on any atom is -0.506 e. The normalized spacial score (nSPS) is 10.8. The van der Waals surface area contributed by atoms with Gasteiger partial charge in [-0.2, -0.15) is 5.26 Å². The van der Waals surface area contributed by atoms with E-state index in [4.69, 9.17) is 4.74 Å². The molecule has 122 valence electrons. The second kappa shape index (κ2) is 7.99. The van der Waals surface area contributed by atoms with Gasteiger partial charge in [-0.05, 0) is 58.4 Å². The van der Waals surface area contributed by atoms with Crippen LogP contribution in [-0.2, 0) is 4.79 Å². The van der Waals surface area contributed by atoms with Crippen LogP contribution in [0.4, 0.5) is 5.69 Å². The quantitative estimate of drug-likeness (QED) is 0.530. The maximum atomic E-state index is 12.2. The number of nitrogens with one attached hydrogen (secondary N) is 1. The van der Waals surface area contributed by atoms with Gasteiger partial charge < -0.3 is 15.2 Å². The number of nitriles is 1. The zero-order valence-corrected chi connectivity index (χ0v) is 15.7. The van der Waals surface area contributed by atoms with Crippen molar-refractivity contribution in [2.75, 3.05) is 12.4 Å². The van der Waals surface area contributed by atoms with Crippen LogP contribution in [0.3, 0.4) is 0 Å². The van der Waals surface area contributed by atoms with E-state index in [-0.39, 0.29) is 11.3 Å². The van der Waals surface area contributed by atoms with Crippen LogP contribution in [-0.4, -0.2) is 18.1 Å². The Labute approximate surface area is 155 Å². The number of hydrogen-bond acceptors (Lipinski definition) is 4. The number of carbonyl (C=O) groups is 1. The lowest BCUT2D eigenvalue weighted by Gasteiger charge is -2.07. The molecule has 0 unspecified atom stereocenters. The fraction of sp³-hybridized carbons (Fsp3) is 0.0588. The van der Waals surface area contributed by atoms with Crippen LogP contribution in [0.15, 0.2) is 50.9 Å². The van der Waals surface area contributed by atoms with Crippen LogP contribution in [0.1, 0.15) is 5.56 Å². The van der Waals surface area contributed by atoms with E-state index in [0.29, 0.717) is 25.9 Å². The van der Waals surface area contributed by atoms with E-state index in [1.54, 1.807) is 43.5 Å². The molecule has 0 aliphatic carbocycles. The number of benzene rings is 2. The van der Waals surface area contributed by atoms with E-state index < -0.39 is 5.91 Å². The molecule has 0 saturated heterocycles. The van der Waals surface area contributed by atoms with Crippen molar-refractivity contribution in [1.82, 2.24) is 0 Å². The Balaban J connectivity index is 2.27. The van der Waals surface area contributed by atoms with E-state index in [1.165, 1.54) is 6.08 Å². The molecule has 0 fully saturated rings. The smallest absolute Gasteiger partial charge is 0.266 e. The first-order chi connectivity index (χ1) is 11.4. The molecule has 7 heteroatoms. The molecule has 0 aliphatic rings. The molecule has 1 amide bonds. The molecule has 0 spiro atoms. The number of hydrogen-bond donors (Lipinski definition) is 2. The lowest BCUT2D eigenvalue weighted by atomic mass is 10.1. The molecule has 0 atom stereocenters. The van der Waals surface area contributed by atoms with Gasteiger partial charge in [0.2, 0.25) is 0 Å². The van der Waals surface area contributed by atoms with E-state index in [0.717, 1.165) is 0 Å². The Morgan fingerprint density at radius 1 is 1.29 bits per heavy atom. The maximum Gasteiger partial charge on any atom is 0.266 e. The largest absolute Gasteiger partial charge is 0.506 e. The Hall–Kier alpha value is -2.30. The Morgan fingerprint density at radius 3 is 2.54 bits per heavy atom. The number of carbonyl (C=O) groups excluding carboxylic acids is 1. The average Bonchev–Trinajstić information content (AvgIpc) is 2.57. The monoisotopic (exact) mass is 450 g/mol. The van der Waals surface area contributed by atoms with Gasteiger partial charge in [0, 0.05) is 15.7 Å². The summed E-state index contributed by atoms with van der Waals surface area (Å²) in [5, 5.41) is 21.9. The van der Waals surface area contributed by atoms with Crippen LogP contribution >= 0.6 is 31.9 Å². The molecule has 0 aliphatic heterocycles. The number of anilines is 1. The first-order valence-electron chi connectivity index (χ1n) is 6.70. The minimum atomic E-state index is -0.571. The summed E-state index contributed by atoms with van der Waals surface area (Å²) in [7, 11) is 1.55. The van der Waals surface area contributed by atoms with E-state index in [1.807, 2.05) is 6.07 Å². The Morgan fingerprint density at radius 2 is 1.96 bits per heavy atom. The second-order valence-corrected chi connectivity index (χ2v) is 6.45. The predicted molar refractivity (Wildman–Crippen MR) is 98.7 cm³/mol. The van der Waals surface area contributed by atoms with Crippen LogP contribution in [0.5, 0.6) is 11.5 Å². The summed E-state index contributed by atoms with van der Waals surface area (Å²) in [6, 6.07) is 11.8. The third-order valence-electron chi connectivity index (χ3n) is 3.07. The van der Waals surface area contributed by atoms with Crippen molar-refractivity contribution in [2.45, 2.75) is 0 Å². The van der Waals surface area contributed by atoms with Crippen molar-refractivity contribution in [3.05, 3.63) is 56.5 Å². The van der Waals surface area contributed by atoms with E-state index >= 15 is 0 Å². The van der Waals surface area contributed by atoms with Gasteiger partial charge in [-0.15, -0.1) is 0 Å².